The fourth-order valence-electron chi connectivity index (χ4n) is 2.33. The Hall–Kier alpha value is -1.41. The van der Waals surface area contributed by atoms with E-state index in [0.717, 1.165) is 6.07 Å². The van der Waals surface area contributed by atoms with Gasteiger partial charge >= 0.3 is 12.3 Å². The molecule has 1 amide bonds. The van der Waals surface area contributed by atoms with E-state index in [0.29, 0.717) is 0 Å². The number of carbonyl (C=O) groups is 2. The van der Waals surface area contributed by atoms with Crippen LogP contribution in [0.4, 0.5) is 23.7 Å². The molecule has 120 valence electrons. The maximum absolute atomic E-state index is 13.7. The molecular weight excluding hydrogens is 343 g/mol. The molecule has 22 heavy (non-hydrogen) atoms. The van der Waals surface area contributed by atoms with Gasteiger partial charge in [-0.3, -0.25) is 10.1 Å². The molecule has 0 fully saturated rings. The molecule has 1 aromatic carbocycles. The fraction of sp³-hybridized carbons (Fsp3) is 0.385. The van der Waals surface area contributed by atoms with Crippen LogP contribution in [0.15, 0.2) is 18.2 Å². The summed E-state index contributed by atoms with van der Waals surface area (Å²) < 4.78 is 45.6. The van der Waals surface area contributed by atoms with Crippen molar-refractivity contribution in [2.75, 3.05) is 5.32 Å². The van der Waals surface area contributed by atoms with Crippen LogP contribution in [0.2, 0.25) is 5.02 Å². The maximum Gasteiger partial charge on any atom is 0.432 e. The summed E-state index contributed by atoms with van der Waals surface area (Å²) in [6.45, 7) is 0. The minimum atomic E-state index is -4.86. The Kier molecular flexibility index (Phi) is 4.62. The number of cyclic esters (lactones) is 1. The summed E-state index contributed by atoms with van der Waals surface area (Å²) in [7, 11) is 0. The molecule has 1 atom stereocenters. The average Bonchev–Trinajstić information content (AvgIpc) is 2.37. The molecule has 0 aliphatic carbocycles. The fourth-order valence-corrected chi connectivity index (χ4v) is 2.67. The van der Waals surface area contributed by atoms with Crippen LogP contribution in [0.25, 0.3) is 0 Å². The van der Waals surface area contributed by atoms with Gasteiger partial charge < -0.3 is 4.74 Å². The number of amides is 1. The van der Waals surface area contributed by atoms with Crippen molar-refractivity contribution in [1.29, 1.82) is 0 Å². The average molecular weight is 354 g/mol. The van der Waals surface area contributed by atoms with Crippen LogP contribution in [0, 0.1) is 0 Å². The van der Waals surface area contributed by atoms with Crippen LogP contribution in [0.1, 0.15) is 24.8 Å². The van der Waals surface area contributed by atoms with E-state index in [1.807, 2.05) is 0 Å². The monoisotopic (exact) mass is 353 g/mol. The second-order valence-corrected chi connectivity index (χ2v) is 5.71. The van der Waals surface area contributed by atoms with Gasteiger partial charge in [0.1, 0.15) is 0 Å². The SMILES string of the molecule is O=C(S)CCCC1(C(F)(F)F)OC(=O)Nc2ccc(Cl)cc21. The van der Waals surface area contributed by atoms with E-state index in [1.165, 1.54) is 12.1 Å². The van der Waals surface area contributed by atoms with Crippen molar-refractivity contribution in [3.8, 4) is 0 Å². The molecule has 1 unspecified atom stereocenters. The molecule has 4 nitrogen and oxygen atoms in total. The van der Waals surface area contributed by atoms with Crippen molar-refractivity contribution in [3.05, 3.63) is 28.8 Å². The van der Waals surface area contributed by atoms with E-state index in [-0.39, 0.29) is 29.1 Å². The summed E-state index contributed by atoms with van der Waals surface area (Å²) in [5, 5.41) is 1.75. The summed E-state index contributed by atoms with van der Waals surface area (Å²) >= 11 is 9.30. The van der Waals surface area contributed by atoms with Gasteiger partial charge in [0.05, 0.1) is 5.69 Å². The highest BCUT2D eigenvalue weighted by Crippen LogP contribution is 2.51. The van der Waals surface area contributed by atoms with Gasteiger partial charge in [-0.15, -0.1) is 12.6 Å². The van der Waals surface area contributed by atoms with Crippen LogP contribution in [0.5, 0.6) is 0 Å². The Labute approximate surface area is 134 Å². The van der Waals surface area contributed by atoms with Crippen molar-refractivity contribution in [3.63, 3.8) is 0 Å². The molecule has 1 aromatic rings. The van der Waals surface area contributed by atoms with E-state index in [4.69, 9.17) is 11.6 Å². The number of nitrogens with one attached hydrogen (secondary N) is 1. The van der Waals surface area contributed by atoms with E-state index < -0.39 is 29.4 Å². The van der Waals surface area contributed by atoms with Crippen molar-refractivity contribution in [2.24, 2.45) is 0 Å². The second kappa shape index (κ2) is 6.00. The van der Waals surface area contributed by atoms with Gasteiger partial charge in [0, 0.05) is 23.4 Å². The number of carbonyl (C=O) groups excluding carboxylic acids is 2. The number of benzene rings is 1. The van der Waals surface area contributed by atoms with Gasteiger partial charge in [-0.25, -0.2) is 4.79 Å². The molecule has 0 saturated heterocycles. The first-order valence-corrected chi connectivity index (χ1v) is 7.07. The van der Waals surface area contributed by atoms with Crippen LogP contribution >= 0.6 is 24.2 Å². The molecule has 0 bridgehead atoms. The van der Waals surface area contributed by atoms with Crippen LogP contribution in [-0.2, 0) is 15.1 Å². The van der Waals surface area contributed by atoms with Crippen molar-refractivity contribution < 1.29 is 27.5 Å². The molecule has 9 heteroatoms. The lowest BCUT2D eigenvalue weighted by Crippen LogP contribution is -2.50. The third-order valence-corrected chi connectivity index (χ3v) is 3.76. The lowest BCUT2D eigenvalue weighted by molar-refractivity contribution is -0.267. The minimum absolute atomic E-state index is 0.0184. The Morgan fingerprint density at radius 1 is 1.41 bits per heavy atom. The van der Waals surface area contributed by atoms with Gasteiger partial charge in [-0.2, -0.15) is 13.2 Å². The number of fused-ring (bicyclic) bond motifs is 1. The maximum atomic E-state index is 13.7. The minimum Gasteiger partial charge on any atom is -0.428 e. The van der Waals surface area contributed by atoms with Crippen molar-refractivity contribution >= 4 is 41.1 Å². The number of rotatable bonds is 4. The van der Waals surface area contributed by atoms with Gasteiger partial charge in [0.2, 0.25) is 5.60 Å². The Balaban J connectivity index is 2.51. The van der Waals surface area contributed by atoms with E-state index >= 15 is 0 Å². The Morgan fingerprint density at radius 2 is 2.09 bits per heavy atom. The molecule has 1 N–H and O–H groups in total. The summed E-state index contributed by atoms with van der Waals surface area (Å²) in [4.78, 5) is 22.4. The second-order valence-electron chi connectivity index (χ2n) is 4.78. The number of thiol groups is 1. The normalized spacial score (nSPS) is 20.9. The third-order valence-electron chi connectivity index (χ3n) is 3.30. The lowest BCUT2D eigenvalue weighted by Gasteiger charge is -2.39. The predicted molar refractivity (Wildman–Crippen MR) is 77.1 cm³/mol. The first-order valence-electron chi connectivity index (χ1n) is 6.24. The van der Waals surface area contributed by atoms with Crippen molar-refractivity contribution in [2.45, 2.75) is 31.0 Å². The zero-order valence-corrected chi connectivity index (χ0v) is 12.7. The first kappa shape index (κ1) is 17.0. The first-order chi connectivity index (χ1) is 10.2. The van der Waals surface area contributed by atoms with Crippen LogP contribution in [-0.4, -0.2) is 17.4 Å². The van der Waals surface area contributed by atoms with E-state index in [1.54, 1.807) is 0 Å². The largest absolute Gasteiger partial charge is 0.432 e. The number of anilines is 1. The lowest BCUT2D eigenvalue weighted by atomic mass is 9.85. The number of hydrogen-bond acceptors (Lipinski definition) is 3. The number of ether oxygens (including phenoxy) is 1. The standard InChI is InChI=1S/C13H11ClF3NO3S/c14-7-3-4-9-8(6-7)12(13(15,16)17,21-11(20)18-9)5-1-2-10(19)22/h3-4,6H,1-2,5H2,(H,18,20)(H,19,22). The number of hydrogen-bond donors (Lipinski definition) is 2. The Bertz CT molecular complexity index is 623. The molecule has 0 aromatic heterocycles. The quantitative estimate of drug-likeness (QED) is 0.794. The summed E-state index contributed by atoms with van der Waals surface area (Å²) in [6, 6.07) is 3.75. The highest BCUT2D eigenvalue weighted by Gasteiger charge is 2.61. The zero-order chi connectivity index (χ0) is 16.5. The van der Waals surface area contributed by atoms with E-state index in [9.17, 15) is 22.8 Å². The molecule has 1 aliphatic rings. The third kappa shape index (κ3) is 3.17. The zero-order valence-electron chi connectivity index (χ0n) is 11.0. The van der Waals surface area contributed by atoms with Crippen LogP contribution in [0.3, 0.4) is 0 Å². The van der Waals surface area contributed by atoms with Crippen molar-refractivity contribution in [1.82, 2.24) is 0 Å². The summed E-state index contributed by atoms with van der Waals surface area (Å²) in [5.41, 5.74) is -3.13. The number of alkyl halides is 3. The number of halogens is 4. The smallest absolute Gasteiger partial charge is 0.428 e. The van der Waals surface area contributed by atoms with Gasteiger partial charge in [-0.1, -0.05) is 11.6 Å². The molecule has 1 aliphatic heterocycles. The molecule has 0 saturated carbocycles. The van der Waals surface area contributed by atoms with Gasteiger partial charge in [-0.05, 0) is 24.6 Å². The molecule has 1 heterocycles. The topological polar surface area (TPSA) is 55.4 Å². The summed E-state index contributed by atoms with van der Waals surface area (Å²) in [6.07, 6.45) is -6.96. The highest BCUT2D eigenvalue weighted by atomic mass is 35.5. The summed E-state index contributed by atoms with van der Waals surface area (Å²) in [5.74, 6) is 0. The van der Waals surface area contributed by atoms with Gasteiger partial charge in [0.25, 0.3) is 0 Å². The van der Waals surface area contributed by atoms with Gasteiger partial charge in [0.15, 0.2) is 5.12 Å². The molecule has 0 spiro atoms. The molecule has 0 radical (unpaired) electrons. The molecule has 2 rings (SSSR count). The Morgan fingerprint density at radius 3 is 2.68 bits per heavy atom. The molecular formula is C13H11ClF3NO3S. The predicted octanol–water partition coefficient (Wildman–Crippen LogP) is 4.29. The highest BCUT2D eigenvalue weighted by molar-refractivity contribution is 7.96. The van der Waals surface area contributed by atoms with E-state index in [2.05, 4.69) is 22.7 Å². The van der Waals surface area contributed by atoms with Crippen LogP contribution < -0.4 is 5.32 Å².